The van der Waals surface area contributed by atoms with Crippen molar-refractivity contribution in [1.82, 2.24) is 0 Å². The summed E-state index contributed by atoms with van der Waals surface area (Å²) in [6.45, 7) is 0. The third-order valence-electron chi connectivity index (χ3n) is 4.38. The van der Waals surface area contributed by atoms with E-state index in [1.54, 1.807) is 42.5 Å². The summed E-state index contributed by atoms with van der Waals surface area (Å²) < 4.78 is 27.5. The highest BCUT2D eigenvalue weighted by Crippen LogP contribution is 2.29. The van der Waals surface area contributed by atoms with Gasteiger partial charge >= 0.3 is 0 Å². The molecule has 2 aromatic rings. The molecule has 4 N–H and O–H groups in total. The minimum Gasteiger partial charge on any atom is -0.324 e. The fourth-order valence-electron chi connectivity index (χ4n) is 2.95. The number of amides is 1. The Morgan fingerprint density at radius 3 is 2.28 bits per heavy atom. The van der Waals surface area contributed by atoms with Crippen molar-refractivity contribution in [2.75, 3.05) is 10.0 Å². The van der Waals surface area contributed by atoms with Crippen LogP contribution in [-0.2, 0) is 14.8 Å². The van der Waals surface area contributed by atoms with Crippen LogP contribution in [0, 0.1) is 0 Å². The molecule has 0 unspecified atom stereocenters. The summed E-state index contributed by atoms with van der Waals surface area (Å²) in [4.78, 5) is 12.5. The first-order valence-corrected chi connectivity index (χ1v) is 9.66. The molecule has 1 saturated carbocycles. The summed E-state index contributed by atoms with van der Waals surface area (Å²) in [5.74, 6) is -0.268. The number of rotatable bonds is 5. The van der Waals surface area contributed by atoms with Crippen molar-refractivity contribution in [2.24, 2.45) is 5.73 Å². The smallest absolute Gasteiger partial charge is 0.261 e. The Hall–Kier alpha value is -2.38. The van der Waals surface area contributed by atoms with Crippen LogP contribution in [-0.4, -0.2) is 19.9 Å². The first kappa shape index (κ1) is 17.4. The van der Waals surface area contributed by atoms with Gasteiger partial charge in [-0.05, 0) is 43.2 Å². The summed E-state index contributed by atoms with van der Waals surface area (Å²) in [7, 11) is -3.74. The molecule has 0 heterocycles. The molecule has 2 aromatic carbocycles. The number of carbonyl (C=O) groups excluding carboxylic acids is 1. The number of hydrogen-bond donors (Lipinski definition) is 3. The predicted molar refractivity (Wildman–Crippen MR) is 97.7 cm³/mol. The highest BCUT2D eigenvalue weighted by atomic mass is 32.2. The van der Waals surface area contributed by atoms with Gasteiger partial charge in [0.2, 0.25) is 5.91 Å². The lowest BCUT2D eigenvalue weighted by Gasteiger charge is -2.22. The monoisotopic (exact) mass is 359 g/mol. The molecule has 3 rings (SSSR count). The summed E-state index contributed by atoms with van der Waals surface area (Å²) in [5.41, 5.74) is 6.16. The van der Waals surface area contributed by atoms with Crippen molar-refractivity contribution < 1.29 is 13.2 Å². The maximum atomic E-state index is 12.5. The molecule has 0 saturated heterocycles. The first-order valence-electron chi connectivity index (χ1n) is 8.17. The lowest BCUT2D eigenvalue weighted by atomic mass is 9.98. The second kappa shape index (κ2) is 6.85. The van der Waals surface area contributed by atoms with Crippen molar-refractivity contribution in [3.63, 3.8) is 0 Å². The van der Waals surface area contributed by atoms with Gasteiger partial charge < -0.3 is 11.1 Å². The Morgan fingerprint density at radius 2 is 1.60 bits per heavy atom. The van der Waals surface area contributed by atoms with Crippen molar-refractivity contribution in [3.8, 4) is 0 Å². The highest BCUT2D eigenvalue weighted by Gasteiger charge is 2.37. The zero-order valence-corrected chi connectivity index (χ0v) is 14.6. The zero-order chi connectivity index (χ0) is 17.9. The second-order valence-electron chi connectivity index (χ2n) is 6.32. The first-order chi connectivity index (χ1) is 11.9. The molecule has 7 heteroatoms. The lowest BCUT2D eigenvalue weighted by molar-refractivity contribution is -0.121. The van der Waals surface area contributed by atoms with Crippen LogP contribution in [0.1, 0.15) is 25.7 Å². The van der Waals surface area contributed by atoms with Gasteiger partial charge in [0.25, 0.3) is 10.0 Å². The summed E-state index contributed by atoms with van der Waals surface area (Å²) in [6.07, 6.45) is 3.15. The van der Waals surface area contributed by atoms with Gasteiger partial charge in [-0.15, -0.1) is 0 Å². The Bertz CT molecular complexity index is 860. The molecule has 0 bridgehead atoms. The van der Waals surface area contributed by atoms with Crippen molar-refractivity contribution >= 4 is 27.3 Å². The maximum Gasteiger partial charge on any atom is 0.261 e. The average Bonchev–Trinajstić information content (AvgIpc) is 3.04. The van der Waals surface area contributed by atoms with E-state index in [2.05, 4.69) is 10.0 Å². The Balaban J connectivity index is 1.78. The summed E-state index contributed by atoms with van der Waals surface area (Å²) >= 11 is 0. The fourth-order valence-corrected chi connectivity index (χ4v) is 4.05. The molecular formula is C18H21N3O3S. The van der Waals surface area contributed by atoms with Crippen LogP contribution in [0.2, 0.25) is 0 Å². The second-order valence-corrected chi connectivity index (χ2v) is 8.00. The third kappa shape index (κ3) is 4.00. The molecule has 132 valence electrons. The van der Waals surface area contributed by atoms with Crippen LogP contribution >= 0.6 is 0 Å². The van der Waals surface area contributed by atoms with Crippen molar-refractivity contribution in [3.05, 3.63) is 54.6 Å². The number of anilines is 2. The van der Waals surface area contributed by atoms with E-state index in [9.17, 15) is 13.2 Å². The van der Waals surface area contributed by atoms with E-state index < -0.39 is 15.6 Å². The number of hydrogen-bond acceptors (Lipinski definition) is 4. The van der Waals surface area contributed by atoms with Crippen LogP contribution < -0.4 is 15.8 Å². The third-order valence-corrected chi connectivity index (χ3v) is 5.76. The number of benzene rings is 2. The standard InChI is InChI=1S/C18H21N3O3S/c19-18(11-4-5-12-18)17(22)20-15-9-6-10-16(13-15)25(23,24)21-14-7-2-1-3-8-14/h1-3,6-10,13,21H,4-5,11-12,19H2,(H,20,22). The van der Waals surface area contributed by atoms with Gasteiger partial charge in [0, 0.05) is 11.4 Å². The quantitative estimate of drug-likeness (QED) is 0.764. The van der Waals surface area contributed by atoms with Crippen LogP contribution in [0.5, 0.6) is 0 Å². The van der Waals surface area contributed by atoms with Gasteiger partial charge in [0.1, 0.15) is 0 Å². The molecular weight excluding hydrogens is 338 g/mol. The number of sulfonamides is 1. The highest BCUT2D eigenvalue weighted by molar-refractivity contribution is 7.92. The summed E-state index contributed by atoms with van der Waals surface area (Å²) in [5, 5.41) is 2.74. The number of para-hydroxylation sites is 1. The SMILES string of the molecule is NC1(C(=O)Nc2cccc(S(=O)(=O)Nc3ccccc3)c2)CCCC1. The van der Waals surface area contributed by atoms with Gasteiger partial charge in [0.15, 0.2) is 0 Å². The molecule has 1 fully saturated rings. The molecule has 1 aliphatic carbocycles. The lowest BCUT2D eigenvalue weighted by Crippen LogP contribution is -2.48. The van der Waals surface area contributed by atoms with E-state index in [1.807, 2.05) is 0 Å². The molecule has 1 amide bonds. The van der Waals surface area contributed by atoms with Gasteiger partial charge in [0.05, 0.1) is 10.4 Å². The molecule has 0 aliphatic heterocycles. The Kier molecular flexibility index (Phi) is 4.78. The molecule has 0 atom stereocenters. The van der Waals surface area contributed by atoms with Gasteiger partial charge in [-0.25, -0.2) is 8.42 Å². The molecule has 25 heavy (non-hydrogen) atoms. The van der Waals surface area contributed by atoms with Gasteiger partial charge in [-0.3, -0.25) is 9.52 Å². The Labute approximate surface area is 147 Å². The fraction of sp³-hybridized carbons (Fsp3) is 0.278. The van der Waals surface area contributed by atoms with Gasteiger partial charge in [-0.1, -0.05) is 37.1 Å². The normalized spacial score (nSPS) is 16.4. The minimum atomic E-state index is -3.74. The molecule has 0 spiro atoms. The molecule has 1 aliphatic rings. The summed E-state index contributed by atoms with van der Waals surface area (Å²) in [6, 6.07) is 14.8. The minimum absolute atomic E-state index is 0.0756. The predicted octanol–water partition coefficient (Wildman–Crippen LogP) is 2.70. The van der Waals surface area contributed by atoms with E-state index in [4.69, 9.17) is 5.73 Å². The van der Waals surface area contributed by atoms with Crippen LogP contribution in [0.25, 0.3) is 0 Å². The van der Waals surface area contributed by atoms with Gasteiger partial charge in [-0.2, -0.15) is 0 Å². The average molecular weight is 359 g/mol. The molecule has 6 nitrogen and oxygen atoms in total. The number of nitrogens with two attached hydrogens (primary N) is 1. The van der Waals surface area contributed by atoms with Crippen molar-refractivity contribution in [1.29, 1.82) is 0 Å². The van der Waals surface area contributed by atoms with Crippen LogP contribution in [0.4, 0.5) is 11.4 Å². The zero-order valence-electron chi connectivity index (χ0n) is 13.7. The Morgan fingerprint density at radius 1 is 0.960 bits per heavy atom. The maximum absolute atomic E-state index is 12.5. The topological polar surface area (TPSA) is 101 Å². The van der Waals surface area contributed by atoms with E-state index in [0.29, 0.717) is 24.2 Å². The van der Waals surface area contributed by atoms with Crippen molar-refractivity contribution in [2.45, 2.75) is 36.1 Å². The van der Waals surface area contributed by atoms with E-state index >= 15 is 0 Å². The van der Waals surface area contributed by atoms with E-state index in [-0.39, 0.29) is 10.8 Å². The molecule has 0 radical (unpaired) electrons. The number of carbonyl (C=O) groups is 1. The number of nitrogens with one attached hydrogen (secondary N) is 2. The largest absolute Gasteiger partial charge is 0.324 e. The molecule has 0 aromatic heterocycles. The van der Waals surface area contributed by atoms with Crippen LogP contribution in [0.3, 0.4) is 0 Å². The van der Waals surface area contributed by atoms with E-state index in [1.165, 1.54) is 12.1 Å². The van der Waals surface area contributed by atoms with Crippen LogP contribution in [0.15, 0.2) is 59.5 Å². The van der Waals surface area contributed by atoms with E-state index in [0.717, 1.165) is 12.8 Å².